The monoisotopic (exact) mass is 304 g/mol. The minimum Gasteiger partial charge on any atom is -0.496 e. The van der Waals surface area contributed by atoms with Gasteiger partial charge in [-0.15, -0.1) is 0 Å². The van der Waals surface area contributed by atoms with E-state index in [1.807, 2.05) is 36.4 Å². The average molecular weight is 305 g/mol. The van der Waals surface area contributed by atoms with Crippen molar-refractivity contribution >= 4 is 17.4 Å². The van der Waals surface area contributed by atoms with E-state index in [-0.39, 0.29) is 5.84 Å². The molecule has 0 atom stereocenters. The van der Waals surface area contributed by atoms with Crippen LogP contribution in [0.3, 0.4) is 0 Å². The molecule has 2 rings (SSSR count). The molecule has 0 aliphatic heterocycles. The standard InChI is InChI=1S/C16H17ClN2O2/c1-20-15-8-11(6-7-13(15)16(18)19)9-21-10-12-4-2-3-5-14(12)17/h2-8H,9-10H2,1H3,(H3,18,19). The van der Waals surface area contributed by atoms with E-state index in [1.165, 1.54) is 0 Å². The predicted molar refractivity (Wildman–Crippen MR) is 84.0 cm³/mol. The lowest BCUT2D eigenvalue weighted by atomic mass is 10.1. The van der Waals surface area contributed by atoms with Crippen LogP contribution in [-0.4, -0.2) is 12.9 Å². The highest BCUT2D eigenvalue weighted by molar-refractivity contribution is 6.31. The molecule has 0 aliphatic rings. The molecule has 0 spiro atoms. The zero-order valence-electron chi connectivity index (χ0n) is 11.7. The second-order valence-electron chi connectivity index (χ2n) is 4.53. The molecule has 0 radical (unpaired) electrons. The second-order valence-corrected chi connectivity index (χ2v) is 4.94. The van der Waals surface area contributed by atoms with Crippen LogP contribution in [0.5, 0.6) is 5.75 Å². The summed E-state index contributed by atoms with van der Waals surface area (Å²) in [5, 5.41) is 8.17. The van der Waals surface area contributed by atoms with Gasteiger partial charge in [-0.2, -0.15) is 0 Å². The Hall–Kier alpha value is -2.04. The van der Waals surface area contributed by atoms with E-state index in [9.17, 15) is 0 Å². The fourth-order valence-corrected chi connectivity index (χ4v) is 2.13. The van der Waals surface area contributed by atoms with E-state index in [0.29, 0.717) is 29.5 Å². The van der Waals surface area contributed by atoms with E-state index < -0.39 is 0 Å². The molecule has 3 N–H and O–H groups in total. The summed E-state index contributed by atoms with van der Waals surface area (Å²) < 4.78 is 10.9. The minimum atomic E-state index is -0.0182. The maximum Gasteiger partial charge on any atom is 0.130 e. The molecule has 110 valence electrons. The molecule has 21 heavy (non-hydrogen) atoms. The summed E-state index contributed by atoms with van der Waals surface area (Å²) in [6.45, 7) is 0.871. The van der Waals surface area contributed by atoms with Crippen molar-refractivity contribution in [3.05, 3.63) is 64.2 Å². The van der Waals surface area contributed by atoms with Gasteiger partial charge in [0.2, 0.25) is 0 Å². The zero-order chi connectivity index (χ0) is 15.2. The second kappa shape index (κ2) is 7.11. The van der Waals surface area contributed by atoms with Gasteiger partial charge in [0.1, 0.15) is 11.6 Å². The summed E-state index contributed by atoms with van der Waals surface area (Å²) in [6, 6.07) is 13.0. The SMILES string of the molecule is COc1cc(COCc2ccccc2Cl)ccc1C(=N)N. The molecular weight excluding hydrogens is 288 g/mol. The van der Waals surface area contributed by atoms with Crippen molar-refractivity contribution in [3.63, 3.8) is 0 Å². The van der Waals surface area contributed by atoms with Crippen molar-refractivity contribution in [2.45, 2.75) is 13.2 Å². The fourth-order valence-electron chi connectivity index (χ4n) is 1.94. The lowest BCUT2D eigenvalue weighted by molar-refractivity contribution is 0.107. The predicted octanol–water partition coefficient (Wildman–Crippen LogP) is 3.35. The van der Waals surface area contributed by atoms with E-state index >= 15 is 0 Å². The van der Waals surface area contributed by atoms with Gasteiger partial charge in [-0.05, 0) is 29.3 Å². The first-order valence-corrected chi connectivity index (χ1v) is 6.82. The van der Waals surface area contributed by atoms with Gasteiger partial charge in [-0.1, -0.05) is 35.9 Å². The van der Waals surface area contributed by atoms with Crippen molar-refractivity contribution in [2.75, 3.05) is 7.11 Å². The van der Waals surface area contributed by atoms with Crippen LogP contribution in [0.2, 0.25) is 5.02 Å². The molecule has 0 aliphatic carbocycles. The lowest BCUT2D eigenvalue weighted by Gasteiger charge is -2.10. The Balaban J connectivity index is 2.01. The van der Waals surface area contributed by atoms with Crippen molar-refractivity contribution in [1.29, 1.82) is 5.41 Å². The smallest absolute Gasteiger partial charge is 0.130 e. The van der Waals surface area contributed by atoms with Gasteiger partial charge in [0, 0.05) is 5.02 Å². The molecule has 0 unspecified atom stereocenters. The van der Waals surface area contributed by atoms with Crippen molar-refractivity contribution in [1.82, 2.24) is 0 Å². The van der Waals surface area contributed by atoms with Crippen molar-refractivity contribution < 1.29 is 9.47 Å². The molecule has 0 amide bonds. The third-order valence-electron chi connectivity index (χ3n) is 3.04. The number of amidine groups is 1. The topological polar surface area (TPSA) is 68.3 Å². The number of halogens is 1. The maximum atomic E-state index is 7.48. The van der Waals surface area contributed by atoms with Gasteiger partial charge in [-0.25, -0.2) is 0 Å². The van der Waals surface area contributed by atoms with Gasteiger partial charge in [-0.3, -0.25) is 5.41 Å². The largest absolute Gasteiger partial charge is 0.496 e. The van der Waals surface area contributed by atoms with Crippen LogP contribution in [0.4, 0.5) is 0 Å². The summed E-state index contributed by atoms with van der Waals surface area (Å²) >= 11 is 6.07. The maximum absolute atomic E-state index is 7.48. The molecule has 0 saturated carbocycles. The van der Waals surface area contributed by atoms with Gasteiger partial charge in [0.25, 0.3) is 0 Å². The van der Waals surface area contributed by atoms with E-state index in [0.717, 1.165) is 11.1 Å². The van der Waals surface area contributed by atoms with E-state index in [1.54, 1.807) is 13.2 Å². The number of hydrogen-bond acceptors (Lipinski definition) is 3. The normalized spacial score (nSPS) is 10.4. The number of nitrogens with two attached hydrogens (primary N) is 1. The molecule has 0 fully saturated rings. The Bertz CT molecular complexity index is 644. The molecule has 0 heterocycles. The molecule has 2 aromatic carbocycles. The highest BCUT2D eigenvalue weighted by Gasteiger charge is 2.07. The number of rotatable bonds is 6. The molecular formula is C16H17ClN2O2. The molecule has 2 aromatic rings. The number of methoxy groups -OCH3 is 1. The van der Waals surface area contributed by atoms with Crippen LogP contribution in [0, 0.1) is 5.41 Å². The molecule has 0 saturated heterocycles. The fraction of sp³-hybridized carbons (Fsp3) is 0.188. The van der Waals surface area contributed by atoms with Crippen LogP contribution < -0.4 is 10.5 Å². The summed E-state index contributed by atoms with van der Waals surface area (Å²) in [6.07, 6.45) is 0. The Morgan fingerprint density at radius 2 is 1.95 bits per heavy atom. The number of hydrogen-bond donors (Lipinski definition) is 2. The molecule has 0 bridgehead atoms. The van der Waals surface area contributed by atoms with Crippen molar-refractivity contribution in [2.24, 2.45) is 5.73 Å². The Morgan fingerprint density at radius 1 is 1.19 bits per heavy atom. The van der Waals surface area contributed by atoms with Crippen LogP contribution in [0.25, 0.3) is 0 Å². The van der Waals surface area contributed by atoms with E-state index in [2.05, 4.69) is 0 Å². The van der Waals surface area contributed by atoms with Crippen LogP contribution in [-0.2, 0) is 18.0 Å². The number of benzene rings is 2. The summed E-state index contributed by atoms with van der Waals surface area (Å²) in [5.74, 6) is 0.553. The van der Waals surface area contributed by atoms with Gasteiger partial charge in [0.15, 0.2) is 0 Å². The summed E-state index contributed by atoms with van der Waals surface area (Å²) in [5.41, 5.74) is 7.97. The van der Waals surface area contributed by atoms with Crippen LogP contribution in [0.15, 0.2) is 42.5 Å². The van der Waals surface area contributed by atoms with Gasteiger partial charge >= 0.3 is 0 Å². The quantitative estimate of drug-likeness (QED) is 0.635. The minimum absolute atomic E-state index is 0.0182. The number of ether oxygens (including phenoxy) is 2. The van der Waals surface area contributed by atoms with Gasteiger partial charge < -0.3 is 15.2 Å². The summed E-state index contributed by atoms with van der Waals surface area (Å²) in [7, 11) is 1.55. The van der Waals surface area contributed by atoms with Gasteiger partial charge in [0.05, 0.1) is 25.9 Å². The first-order valence-electron chi connectivity index (χ1n) is 6.44. The lowest BCUT2D eigenvalue weighted by Crippen LogP contribution is -2.12. The third-order valence-corrected chi connectivity index (χ3v) is 3.41. The summed E-state index contributed by atoms with van der Waals surface area (Å²) in [4.78, 5) is 0. The molecule has 4 nitrogen and oxygen atoms in total. The zero-order valence-corrected chi connectivity index (χ0v) is 12.5. The first kappa shape index (κ1) is 15.4. The Labute approximate surface area is 129 Å². The highest BCUT2D eigenvalue weighted by atomic mass is 35.5. The van der Waals surface area contributed by atoms with Crippen molar-refractivity contribution in [3.8, 4) is 5.75 Å². The number of nitrogens with one attached hydrogen (secondary N) is 1. The Kier molecular flexibility index (Phi) is 5.20. The molecule has 5 heteroatoms. The highest BCUT2D eigenvalue weighted by Crippen LogP contribution is 2.21. The third kappa shape index (κ3) is 3.97. The van der Waals surface area contributed by atoms with E-state index in [4.69, 9.17) is 32.2 Å². The average Bonchev–Trinajstić information content (AvgIpc) is 2.48. The molecule has 0 aromatic heterocycles. The van der Waals surface area contributed by atoms with Crippen LogP contribution >= 0.6 is 11.6 Å². The Morgan fingerprint density at radius 3 is 2.62 bits per heavy atom. The van der Waals surface area contributed by atoms with Crippen LogP contribution in [0.1, 0.15) is 16.7 Å². The number of nitrogen functional groups attached to an aromatic ring is 1. The first-order chi connectivity index (χ1) is 10.1.